The summed E-state index contributed by atoms with van der Waals surface area (Å²) in [4.78, 5) is 15.4. The van der Waals surface area contributed by atoms with Crippen LogP contribution in [0.25, 0.3) is 10.9 Å². The normalized spacial score (nSPS) is 25.3. The fourth-order valence-corrected chi connectivity index (χ4v) is 5.53. The SMILES string of the molecule is N#CC1CCCCC1n1nc(Nc2ccc(C3(C(F)(F)F)CCCCN3)cc2)c2c(=O)[nH]ccc21. The topological polar surface area (TPSA) is 98.5 Å². The van der Waals surface area contributed by atoms with Crippen LogP contribution < -0.4 is 16.2 Å². The molecule has 1 aromatic carbocycles. The maximum atomic E-state index is 14.0. The Labute approximate surface area is 200 Å². The Balaban J connectivity index is 1.50. The lowest BCUT2D eigenvalue weighted by molar-refractivity contribution is -0.207. The highest BCUT2D eigenvalue weighted by Gasteiger charge is 2.56. The number of aromatic amines is 1. The molecule has 35 heavy (non-hydrogen) atoms. The number of piperidine rings is 1. The van der Waals surface area contributed by atoms with E-state index in [1.54, 1.807) is 29.1 Å². The Morgan fingerprint density at radius 2 is 1.89 bits per heavy atom. The molecule has 5 rings (SSSR count). The molecule has 0 bridgehead atoms. The molecule has 184 valence electrons. The number of halogens is 3. The van der Waals surface area contributed by atoms with Crippen LogP contribution in [0.15, 0.2) is 41.3 Å². The Morgan fingerprint density at radius 1 is 1.11 bits per heavy atom. The summed E-state index contributed by atoms with van der Waals surface area (Å²) in [6.45, 7) is 0.316. The van der Waals surface area contributed by atoms with E-state index in [0.29, 0.717) is 35.4 Å². The number of fused-ring (bicyclic) bond motifs is 1. The molecular weight excluding hydrogens is 457 g/mol. The maximum Gasteiger partial charge on any atom is 0.410 e. The van der Waals surface area contributed by atoms with E-state index in [1.165, 1.54) is 12.1 Å². The number of nitriles is 1. The van der Waals surface area contributed by atoms with E-state index in [-0.39, 0.29) is 29.5 Å². The third-order valence-electron chi connectivity index (χ3n) is 7.37. The lowest BCUT2D eigenvalue weighted by Crippen LogP contribution is -2.56. The molecule has 7 nitrogen and oxygen atoms in total. The van der Waals surface area contributed by atoms with Gasteiger partial charge in [-0.1, -0.05) is 25.0 Å². The Bertz CT molecular complexity index is 1300. The monoisotopic (exact) mass is 484 g/mol. The first-order valence-corrected chi connectivity index (χ1v) is 12.0. The van der Waals surface area contributed by atoms with Gasteiger partial charge in [-0.25, -0.2) is 0 Å². The van der Waals surface area contributed by atoms with Gasteiger partial charge in [-0.05, 0) is 62.4 Å². The molecule has 3 N–H and O–H groups in total. The maximum absolute atomic E-state index is 14.0. The summed E-state index contributed by atoms with van der Waals surface area (Å²) in [6.07, 6.45) is 1.90. The number of pyridine rings is 1. The van der Waals surface area contributed by atoms with Gasteiger partial charge in [0.2, 0.25) is 0 Å². The van der Waals surface area contributed by atoms with Crippen LogP contribution in [0.4, 0.5) is 24.7 Å². The van der Waals surface area contributed by atoms with E-state index < -0.39 is 11.7 Å². The summed E-state index contributed by atoms with van der Waals surface area (Å²) >= 11 is 0. The Hall–Kier alpha value is -3.32. The third kappa shape index (κ3) is 4.08. The largest absolute Gasteiger partial charge is 0.410 e. The number of nitrogens with zero attached hydrogens (tertiary/aromatic N) is 3. The Kier molecular flexibility index (Phi) is 6.05. The van der Waals surface area contributed by atoms with Crippen LogP contribution in [0.2, 0.25) is 0 Å². The van der Waals surface area contributed by atoms with Crippen LogP contribution in [0.5, 0.6) is 0 Å². The molecule has 3 aromatic rings. The summed E-state index contributed by atoms with van der Waals surface area (Å²) in [5, 5.41) is 20.5. The van der Waals surface area contributed by atoms with Crippen LogP contribution in [-0.4, -0.2) is 27.5 Å². The first-order chi connectivity index (χ1) is 16.8. The fraction of sp³-hybridized carbons (Fsp3) is 0.480. The average Bonchev–Trinajstić information content (AvgIpc) is 3.23. The molecule has 1 aliphatic carbocycles. The molecule has 2 fully saturated rings. The third-order valence-corrected chi connectivity index (χ3v) is 7.37. The first kappa shape index (κ1) is 23.4. The Morgan fingerprint density at radius 3 is 2.57 bits per heavy atom. The standard InChI is InChI=1S/C25H27F3N6O/c26-25(27,28)24(12-3-4-13-31-24)17-7-9-18(10-8-17)32-22-21-20(11-14-30-23(21)35)34(33-22)19-6-2-1-5-16(19)15-29/h7-11,14,16,19,31H,1-6,12-13H2,(H,30,35)(H,32,33). The number of benzene rings is 1. The molecule has 2 aliphatic rings. The van der Waals surface area contributed by atoms with Crippen molar-refractivity contribution in [3.63, 3.8) is 0 Å². The number of alkyl halides is 3. The zero-order valence-corrected chi connectivity index (χ0v) is 19.2. The lowest BCUT2D eigenvalue weighted by Gasteiger charge is -2.40. The van der Waals surface area contributed by atoms with Gasteiger partial charge in [0.05, 0.1) is 23.5 Å². The number of hydrogen-bond donors (Lipinski definition) is 3. The number of nitrogens with one attached hydrogen (secondary N) is 3. The molecule has 1 aliphatic heterocycles. The van der Waals surface area contributed by atoms with E-state index in [0.717, 1.165) is 32.1 Å². The van der Waals surface area contributed by atoms with Crippen LogP contribution in [0.3, 0.4) is 0 Å². The average molecular weight is 485 g/mol. The highest BCUT2D eigenvalue weighted by Crippen LogP contribution is 2.44. The van der Waals surface area contributed by atoms with Crippen molar-refractivity contribution >= 4 is 22.4 Å². The van der Waals surface area contributed by atoms with Crippen molar-refractivity contribution in [2.75, 3.05) is 11.9 Å². The van der Waals surface area contributed by atoms with Crippen LogP contribution in [0.1, 0.15) is 56.6 Å². The van der Waals surface area contributed by atoms with Gasteiger partial charge in [0.15, 0.2) is 5.82 Å². The minimum Gasteiger partial charge on any atom is -0.338 e. The minimum atomic E-state index is -4.41. The number of aromatic nitrogens is 3. The van der Waals surface area contributed by atoms with Gasteiger partial charge in [-0.15, -0.1) is 0 Å². The quantitative estimate of drug-likeness (QED) is 0.470. The van der Waals surface area contributed by atoms with Crippen LogP contribution >= 0.6 is 0 Å². The van der Waals surface area contributed by atoms with E-state index in [9.17, 15) is 23.2 Å². The highest BCUT2D eigenvalue weighted by atomic mass is 19.4. The summed E-state index contributed by atoms with van der Waals surface area (Å²) in [5.74, 6) is 0.123. The number of anilines is 2. The van der Waals surface area contributed by atoms with Gasteiger partial charge in [-0.3, -0.25) is 14.8 Å². The van der Waals surface area contributed by atoms with Gasteiger partial charge in [0.1, 0.15) is 10.9 Å². The van der Waals surface area contributed by atoms with Gasteiger partial charge in [0.25, 0.3) is 5.56 Å². The molecule has 3 unspecified atom stereocenters. The molecule has 3 atom stereocenters. The number of hydrogen-bond acceptors (Lipinski definition) is 5. The molecule has 1 saturated heterocycles. The van der Waals surface area contributed by atoms with E-state index in [4.69, 9.17) is 0 Å². The number of H-pyrrole nitrogens is 1. The summed E-state index contributed by atoms with van der Waals surface area (Å²) in [6, 6.07) is 10.1. The van der Waals surface area contributed by atoms with E-state index in [2.05, 4.69) is 26.8 Å². The minimum absolute atomic E-state index is 0.00482. The van der Waals surface area contributed by atoms with Crippen LogP contribution in [-0.2, 0) is 5.54 Å². The van der Waals surface area contributed by atoms with Crippen molar-refractivity contribution in [3.05, 3.63) is 52.4 Å². The smallest absolute Gasteiger partial charge is 0.338 e. The summed E-state index contributed by atoms with van der Waals surface area (Å²) < 4.78 is 43.9. The second-order valence-electron chi connectivity index (χ2n) is 9.44. The summed E-state index contributed by atoms with van der Waals surface area (Å²) in [7, 11) is 0. The van der Waals surface area contributed by atoms with Gasteiger partial charge >= 0.3 is 6.18 Å². The second-order valence-corrected chi connectivity index (χ2v) is 9.44. The predicted octanol–water partition coefficient (Wildman–Crippen LogP) is 5.25. The molecular formula is C25H27F3N6O. The van der Waals surface area contributed by atoms with Crippen molar-refractivity contribution in [3.8, 4) is 6.07 Å². The van der Waals surface area contributed by atoms with E-state index in [1.807, 2.05) is 0 Å². The summed E-state index contributed by atoms with van der Waals surface area (Å²) in [5.41, 5.74) is -1.05. The molecule has 10 heteroatoms. The van der Waals surface area contributed by atoms with Crippen molar-refractivity contribution < 1.29 is 13.2 Å². The van der Waals surface area contributed by atoms with Gasteiger partial charge in [0, 0.05) is 11.9 Å². The van der Waals surface area contributed by atoms with Crippen molar-refractivity contribution in [2.45, 2.75) is 62.7 Å². The molecule has 0 amide bonds. The van der Waals surface area contributed by atoms with Crippen molar-refractivity contribution in [1.82, 2.24) is 20.1 Å². The van der Waals surface area contributed by atoms with Crippen molar-refractivity contribution in [2.24, 2.45) is 5.92 Å². The van der Waals surface area contributed by atoms with Crippen molar-refractivity contribution in [1.29, 1.82) is 5.26 Å². The van der Waals surface area contributed by atoms with E-state index >= 15 is 0 Å². The van der Waals surface area contributed by atoms with Gasteiger partial charge in [-0.2, -0.15) is 23.5 Å². The second kappa shape index (κ2) is 9.04. The fourth-order valence-electron chi connectivity index (χ4n) is 5.53. The molecule has 0 spiro atoms. The number of rotatable bonds is 4. The molecule has 1 saturated carbocycles. The first-order valence-electron chi connectivity index (χ1n) is 12.0. The molecule has 2 aromatic heterocycles. The van der Waals surface area contributed by atoms with Gasteiger partial charge < -0.3 is 10.3 Å². The zero-order chi connectivity index (χ0) is 24.6. The zero-order valence-electron chi connectivity index (χ0n) is 19.2. The molecule has 0 radical (unpaired) electrons. The van der Waals surface area contributed by atoms with Crippen LogP contribution in [0, 0.1) is 17.2 Å². The lowest BCUT2D eigenvalue weighted by atomic mass is 9.81. The predicted molar refractivity (Wildman–Crippen MR) is 126 cm³/mol. The highest BCUT2D eigenvalue weighted by molar-refractivity contribution is 5.91. The molecule has 3 heterocycles.